The second-order valence-electron chi connectivity index (χ2n) is 3.92. The summed E-state index contributed by atoms with van der Waals surface area (Å²) in [4.78, 5) is 11.2. The Bertz CT molecular complexity index is 577. The number of aromatic nitrogens is 1. The highest BCUT2D eigenvalue weighted by molar-refractivity contribution is 6.32. The molecule has 0 aliphatic carbocycles. The predicted octanol–water partition coefficient (Wildman–Crippen LogP) is 3.42. The monoisotopic (exact) mass is 265 g/mol. The van der Waals surface area contributed by atoms with E-state index in [4.69, 9.17) is 20.9 Å². The molecule has 1 heterocycles. The zero-order chi connectivity index (χ0) is 13.1. The van der Waals surface area contributed by atoms with Gasteiger partial charge in [-0.05, 0) is 32.0 Å². The number of ketones is 1. The van der Waals surface area contributed by atoms with Gasteiger partial charge in [0.25, 0.3) is 0 Å². The van der Waals surface area contributed by atoms with Gasteiger partial charge in [-0.25, -0.2) is 0 Å². The van der Waals surface area contributed by atoms with Gasteiger partial charge < -0.3 is 9.26 Å². The first-order valence-electron chi connectivity index (χ1n) is 5.42. The normalized spacial score (nSPS) is 10.4. The average Bonchev–Trinajstić information content (AvgIpc) is 2.73. The van der Waals surface area contributed by atoms with Crippen LogP contribution in [0.2, 0.25) is 5.02 Å². The van der Waals surface area contributed by atoms with Crippen molar-refractivity contribution in [3.05, 3.63) is 46.3 Å². The molecule has 2 aromatic rings. The zero-order valence-corrected chi connectivity index (χ0v) is 10.8. The average molecular weight is 266 g/mol. The highest BCUT2D eigenvalue weighted by Crippen LogP contribution is 2.26. The fourth-order valence-corrected chi connectivity index (χ4v) is 1.71. The first-order valence-corrected chi connectivity index (χ1v) is 5.79. The van der Waals surface area contributed by atoms with E-state index in [1.165, 1.54) is 6.92 Å². The summed E-state index contributed by atoms with van der Waals surface area (Å²) in [5.41, 5.74) is 1.36. The Kier molecular flexibility index (Phi) is 3.67. The molecule has 0 saturated heterocycles. The molecule has 0 amide bonds. The van der Waals surface area contributed by atoms with Gasteiger partial charge in [0.15, 0.2) is 11.5 Å². The molecule has 0 radical (unpaired) electrons. The number of hydrogen-bond acceptors (Lipinski definition) is 4. The molecule has 5 heteroatoms. The van der Waals surface area contributed by atoms with E-state index in [0.717, 1.165) is 5.69 Å². The molecule has 0 atom stereocenters. The Labute approximate surface area is 109 Å². The third-order valence-electron chi connectivity index (χ3n) is 2.39. The summed E-state index contributed by atoms with van der Waals surface area (Å²) in [5.74, 6) is 1.10. The van der Waals surface area contributed by atoms with Gasteiger partial charge in [0.2, 0.25) is 0 Å². The smallest absolute Gasteiger partial charge is 0.174 e. The van der Waals surface area contributed by atoms with Crippen LogP contribution in [0.5, 0.6) is 5.75 Å². The maximum absolute atomic E-state index is 11.2. The number of aryl methyl sites for hydroxylation is 1. The Morgan fingerprint density at radius 1 is 1.44 bits per heavy atom. The highest BCUT2D eigenvalue weighted by atomic mass is 35.5. The topological polar surface area (TPSA) is 52.3 Å². The van der Waals surface area contributed by atoms with Gasteiger partial charge in [-0.3, -0.25) is 4.79 Å². The van der Waals surface area contributed by atoms with E-state index in [9.17, 15) is 4.79 Å². The minimum atomic E-state index is -0.0330. The van der Waals surface area contributed by atoms with Crippen LogP contribution in [0.25, 0.3) is 0 Å². The fraction of sp³-hybridized carbons (Fsp3) is 0.231. The molecule has 0 spiro atoms. The molecule has 0 bridgehead atoms. The second kappa shape index (κ2) is 5.23. The minimum Gasteiger partial charge on any atom is -0.484 e. The predicted molar refractivity (Wildman–Crippen MR) is 67.0 cm³/mol. The van der Waals surface area contributed by atoms with E-state index in [1.807, 2.05) is 6.92 Å². The number of ether oxygens (including phenoxy) is 1. The quantitative estimate of drug-likeness (QED) is 0.795. The number of benzene rings is 1. The summed E-state index contributed by atoms with van der Waals surface area (Å²) in [6.45, 7) is 3.57. The molecular weight excluding hydrogens is 254 g/mol. The first-order chi connectivity index (χ1) is 8.56. The number of carbonyl (C=O) groups excluding carboxylic acids is 1. The van der Waals surface area contributed by atoms with Crippen molar-refractivity contribution in [2.45, 2.75) is 20.5 Å². The number of nitrogens with zero attached hydrogens (tertiary/aromatic N) is 1. The summed E-state index contributed by atoms with van der Waals surface area (Å²) >= 11 is 6.02. The van der Waals surface area contributed by atoms with E-state index in [-0.39, 0.29) is 12.4 Å². The third kappa shape index (κ3) is 2.90. The lowest BCUT2D eigenvalue weighted by molar-refractivity contribution is 0.101. The SMILES string of the molecule is CC(=O)c1ccc(OCc2cc(C)no2)c(Cl)c1. The van der Waals surface area contributed by atoms with Crippen molar-refractivity contribution in [3.63, 3.8) is 0 Å². The van der Waals surface area contributed by atoms with Crippen LogP contribution in [0.15, 0.2) is 28.8 Å². The van der Waals surface area contributed by atoms with Gasteiger partial charge in [-0.2, -0.15) is 0 Å². The lowest BCUT2D eigenvalue weighted by atomic mass is 10.1. The van der Waals surface area contributed by atoms with E-state index in [0.29, 0.717) is 22.1 Å². The Balaban J connectivity index is 2.08. The largest absolute Gasteiger partial charge is 0.484 e. The van der Waals surface area contributed by atoms with Crippen LogP contribution < -0.4 is 4.74 Å². The van der Waals surface area contributed by atoms with Crippen LogP contribution in [-0.4, -0.2) is 10.9 Å². The lowest BCUT2D eigenvalue weighted by Crippen LogP contribution is -1.97. The molecule has 2 rings (SSSR count). The van der Waals surface area contributed by atoms with Crippen molar-refractivity contribution in [1.29, 1.82) is 0 Å². The third-order valence-corrected chi connectivity index (χ3v) is 2.68. The Morgan fingerprint density at radius 2 is 2.22 bits per heavy atom. The highest BCUT2D eigenvalue weighted by Gasteiger charge is 2.07. The lowest BCUT2D eigenvalue weighted by Gasteiger charge is -2.06. The maximum atomic E-state index is 11.2. The Hall–Kier alpha value is -1.81. The zero-order valence-electron chi connectivity index (χ0n) is 10.1. The molecule has 18 heavy (non-hydrogen) atoms. The van der Waals surface area contributed by atoms with E-state index in [1.54, 1.807) is 24.3 Å². The van der Waals surface area contributed by atoms with Gasteiger partial charge >= 0.3 is 0 Å². The van der Waals surface area contributed by atoms with Gasteiger partial charge in [0, 0.05) is 11.6 Å². The summed E-state index contributed by atoms with van der Waals surface area (Å²) in [6, 6.07) is 6.72. The number of carbonyl (C=O) groups is 1. The minimum absolute atomic E-state index is 0.0330. The van der Waals surface area contributed by atoms with Crippen molar-refractivity contribution in [2.75, 3.05) is 0 Å². The molecule has 1 aromatic heterocycles. The van der Waals surface area contributed by atoms with Gasteiger partial charge in [-0.1, -0.05) is 16.8 Å². The maximum Gasteiger partial charge on any atom is 0.174 e. The van der Waals surface area contributed by atoms with Crippen molar-refractivity contribution in [3.8, 4) is 5.75 Å². The van der Waals surface area contributed by atoms with E-state index < -0.39 is 0 Å². The van der Waals surface area contributed by atoms with Crippen LogP contribution in [0.1, 0.15) is 28.7 Å². The van der Waals surface area contributed by atoms with Gasteiger partial charge in [0.05, 0.1) is 10.7 Å². The van der Waals surface area contributed by atoms with Crippen LogP contribution >= 0.6 is 11.6 Å². The van der Waals surface area contributed by atoms with Crippen LogP contribution in [-0.2, 0) is 6.61 Å². The molecule has 1 aromatic carbocycles. The molecule has 0 saturated carbocycles. The molecule has 0 aliphatic heterocycles. The standard InChI is InChI=1S/C13H12ClNO3/c1-8-5-11(18-15-8)7-17-13-4-3-10(9(2)16)6-12(13)14/h3-6H,7H2,1-2H3. The van der Waals surface area contributed by atoms with Crippen LogP contribution in [0, 0.1) is 6.92 Å². The summed E-state index contributed by atoms with van der Waals surface area (Å²) in [6.07, 6.45) is 0. The molecule has 0 N–H and O–H groups in total. The van der Waals surface area contributed by atoms with Gasteiger partial charge in [0.1, 0.15) is 12.4 Å². The summed E-state index contributed by atoms with van der Waals surface area (Å²) < 4.78 is 10.5. The van der Waals surface area contributed by atoms with Crippen molar-refractivity contribution in [1.82, 2.24) is 5.16 Å². The molecule has 0 unspecified atom stereocenters. The van der Waals surface area contributed by atoms with E-state index >= 15 is 0 Å². The molecule has 4 nitrogen and oxygen atoms in total. The number of Topliss-reactive ketones (excluding diaryl/α,β-unsaturated/α-hetero) is 1. The van der Waals surface area contributed by atoms with Crippen LogP contribution in [0.3, 0.4) is 0 Å². The molecule has 0 fully saturated rings. The van der Waals surface area contributed by atoms with E-state index in [2.05, 4.69) is 5.16 Å². The van der Waals surface area contributed by atoms with Crippen molar-refractivity contribution in [2.24, 2.45) is 0 Å². The second-order valence-corrected chi connectivity index (χ2v) is 4.33. The van der Waals surface area contributed by atoms with Crippen molar-refractivity contribution < 1.29 is 14.1 Å². The Morgan fingerprint density at radius 3 is 2.78 bits per heavy atom. The number of hydrogen-bond donors (Lipinski definition) is 0. The molecule has 0 aliphatic rings. The summed E-state index contributed by atoms with van der Waals surface area (Å²) in [5, 5.41) is 4.16. The van der Waals surface area contributed by atoms with Crippen LogP contribution in [0.4, 0.5) is 0 Å². The van der Waals surface area contributed by atoms with Gasteiger partial charge in [-0.15, -0.1) is 0 Å². The summed E-state index contributed by atoms with van der Waals surface area (Å²) in [7, 11) is 0. The first kappa shape index (κ1) is 12.6. The molecule has 94 valence electrons. The fourth-order valence-electron chi connectivity index (χ4n) is 1.47. The number of rotatable bonds is 4. The number of halogens is 1. The van der Waals surface area contributed by atoms with Crippen molar-refractivity contribution >= 4 is 17.4 Å². The molecular formula is C13H12ClNO3.